The van der Waals surface area contributed by atoms with Crippen molar-refractivity contribution in [3.05, 3.63) is 0 Å². The van der Waals surface area contributed by atoms with E-state index in [1.54, 1.807) is 4.90 Å². The molecule has 5 heteroatoms. The molecule has 2 saturated heterocycles. The van der Waals surface area contributed by atoms with Gasteiger partial charge in [0.05, 0.1) is 16.9 Å². The second-order valence-electron chi connectivity index (χ2n) is 5.64. The van der Waals surface area contributed by atoms with Crippen LogP contribution in [0.3, 0.4) is 0 Å². The molecule has 0 aromatic rings. The molecule has 0 radical (unpaired) electrons. The number of carbonyl (C=O) groups is 2. The smallest absolute Gasteiger partial charge is 0.236 e. The standard InChI is InChI=1S/C12H17N3O2/c1-11-5-14-6-12(2,10(11)17)8-15(7-11)9(16)3-4-13/h14H,3,5-8H2,1-2H3/t11-,12-/m0/s1. The van der Waals surface area contributed by atoms with Crippen molar-refractivity contribution >= 4 is 11.7 Å². The maximum Gasteiger partial charge on any atom is 0.236 e. The van der Waals surface area contributed by atoms with Crippen LogP contribution in [0.1, 0.15) is 20.3 Å². The largest absolute Gasteiger partial charge is 0.340 e. The fraction of sp³-hybridized carbons (Fsp3) is 0.750. The number of hydrogen-bond acceptors (Lipinski definition) is 4. The van der Waals surface area contributed by atoms with Crippen molar-refractivity contribution in [2.75, 3.05) is 26.2 Å². The van der Waals surface area contributed by atoms with E-state index in [4.69, 9.17) is 5.26 Å². The summed E-state index contributed by atoms with van der Waals surface area (Å²) in [6, 6.07) is 1.87. The third-order valence-corrected chi connectivity index (χ3v) is 3.79. The number of hydrogen-bond donors (Lipinski definition) is 1. The van der Waals surface area contributed by atoms with Crippen molar-refractivity contribution < 1.29 is 9.59 Å². The Labute approximate surface area is 101 Å². The molecule has 0 saturated carbocycles. The second-order valence-corrected chi connectivity index (χ2v) is 5.64. The highest BCUT2D eigenvalue weighted by Gasteiger charge is 2.54. The van der Waals surface area contributed by atoms with Gasteiger partial charge in [0, 0.05) is 26.2 Å². The Morgan fingerprint density at radius 1 is 1.41 bits per heavy atom. The molecule has 2 atom stereocenters. The molecular formula is C12H17N3O2. The molecule has 2 aliphatic rings. The molecule has 2 aliphatic heterocycles. The van der Waals surface area contributed by atoms with Gasteiger partial charge in [-0.05, 0) is 13.8 Å². The normalized spacial score (nSPS) is 36.5. The predicted molar refractivity (Wildman–Crippen MR) is 60.9 cm³/mol. The van der Waals surface area contributed by atoms with Crippen molar-refractivity contribution in [2.45, 2.75) is 20.3 Å². The molecular weight excluding hydrogens is 218 g/mol. The van der Waals surface area contributed by atoms with Gasteiger partial charge in [0.2, 0.25) is 5.91 Å². The van der Waals surface area contributed by atoms with Crippen LogP contribution in [0.25, 0.3) is 0 Å². The lowest BCUT2D eigenvalue weighted by atomic mass is 9.65. The molecule has 0 aromatic heterocycles. The Hall–Kier alpha value is -1.41. The highest BCUT2D eigenvalue weighted by atomic mass is 16.2. The second kappa shape index (κ2) is 3.81. The van der Waals surface area contributed by atoms with Crippen molar-refractivity contribution in [2.24, 2.45) is 10.8 Å². The summed E-state index contributed by atoms with van der Waals surface area (Å²) in [5.74, 6) is 0.0732. The number of Topliss-reactive ketones (excluding diaryl/α,β-unsaturated/α-hetero) is 1. The Bertz CT molecular complexity index is 392. The number of likely N-dealkylation sites (tertiary alicyclic amines) is 1. The summed E-state index contributed by atoms with van der Waals surface area (Å²) in [4.78, 5) is 25.8. The number of nitriles is 1. The third-order valence-electron chi connectivity index (χ3n) is 3.79. The molecule has 0 unspecified atom stereocenters. The van der Waals surface area contributed by atoms with Gasteiger partial charge in [0.1, 0.15) is 6.42 Å². The molecule has 5 nitrogen and oxygen atoms in total. The van der Waals surface area contributed by atoms with Crippen molar-refractivity contribution in [1.82, 2.24) is 10.2 Å². The maximum atomic E-state index is 12.3. The van der Waals surface area contributed by atoms with Crippen molar-refractivity contribution in [1.29, 1.82) is 5.26 Å². The summed E-state index contributed by atoms with van der Waals surface area (Å²) in [6.07, 6.45) is -0.103. The quantitative estimate of drug-likeness (QED) is 0.690. The van der Waals surface area contributed by atoms with Crippen molar-refractivity contribution in [3.8, 4) is 6.07 Å². The molecule has 17 heavy (non-hydrogen) atoms. The summed E-state index contributed by atoms with van der Waals surface area (Å²) < 4.78 is 0. The third kappa shape index (κ3) is 1.83. The average Bonchev–Trinajstić information content (AvgIpc) is 2.23. The van der Waals surface area contributed by atoms with Crippen LogP contribution >= 0.6 is 0 Å². The summed E-state index contributed by atoms with van der Waals surface area (Å²) in [5, 5.41) is 11.8. The lowest BCUT2D eigenvalue weighted by Gasteiger charge is -2.51. The van der Waals surface area contributed by atoms with Gasteiger partial charge in [-0.1, -0.05) is 0 Å². The highest BCUT2D eigenvalue weighted by Crippen LogP contribution is 2.39. The van der Waals surface area contributed by atoms with Gasteiger partial charge in [-0.15, -0.1) is 0 Å². The molecule has 2 heterocycles. The molecule has 2 rings (SSSR count). The Kier molecular flexibility index (Phi) is 2.70. The molecule has 92 valence electrons. The average molecular weight is 235 g/mol. The van der Waals surface area contributed by atoms with E-state index in [9.17, 15) is 9.59 Å². The Morgan fingerprint density at radius 2 is 1.94 bits per heavy atom. The number of piperidine rings is 2. The SMILES string of the molecule is C[C@]12CNC[C@@](C)(CN(C(=O)CC#N)C1)C2=O. The lowest BCUT2D eigenvalue weighted by molar-refractivity contribution is -0.155. The molecule has 0 spiro atoms. The Balaban J connectivity index is 2.25. The zero-order valence-corrected chi connectivity index (χ0v) is 10.2. The van der Waals surface area contributed by atoms with E-state index < -0.39 is 10.8 Å². The minimum Gasteiger partial charge on any atom is -0.340 e. The summed E-state index contributed by atoms with van der Waals surface area (Å²) in [6.45, 7) is 5.86. The summed E-state index contributed by atoms with van der Waals surface area (Å²) in [7, 11) is 0. The van der Waals surface area contributed by atoms with Gasteiger partial charge in [-0.3, -0.25) is 9.59 Å². The number of carbonyl (C=O) groups excluding carboxylic acids is 2. The van der Waals surface area contributed by atoms with Crippen LogP contribution in [0.5, 0.6) is 0 Å². The van der Waals surface area contributed by atoms with Gasteiger partial charge in [-0.2, -0.15) is 5.26 Å². The fourth-order valence-electron chi connectivity index (χ4n) is 3.01. The van der Waals surface area contributed by atoms with Crippen molar-refractivity contribution in [3.63, 3.8) is 0 Å². The van der Waals surface area contributed by atoms with Crippen LogP contribution in [-0.2, 0) is 9.59 Å². The van der Waals surface area contributed by atoms with E-state index in [2.05, 4.69) is 5.32 Å². The summed E-state index contributed by atoms with van der Waals surface area (Å²) >= 11 is 0. The van der Waals surface area contributed by atoms with Gasteiger partial charge >= 0.3 is 0 Å². The molecule has 0 aliphatic carbocycles. The fourth-order valence-corrected chi connectivity index (χ4v) is 3.01. The van der Waals surface area contributed by atoms with Crippen LogP contribution in [0, 0.1) is 22.2 Å². The Morgan fingerprint density at radius 3 is 2.41 bits per heavy atom. The first kappa shape index (κ1) is 12.1. The zero-order valence-electron chi connectivity index (χ0n) is 10.2. The zero-order chi connectivity index (χ0) is 12.7. The van der Waals surface area contributed by atoms with Crippen LogP contribution in [0.4, 0.5) is 0 Å². The van der Waals surface area contributed by atoms with E-state index in [1.807, 2.05) is 19.9 Å². The minimum absolute atomic E-state index is 0.103. The minimum atomic E-state index is -0.504. The number of ketones is 1. The summed E-state index contributed by atoms with van der Waals surface area (Å²) in [5.41, 5.74) is -1.01. The van der Waals surface area contributed by atoms with Crippen LogP contribution in [0.15, 0.2) is 0 Å². The number of nitrogens with zero attached hydrogens (tertiary/aromatic N) is 2. The first-order valence-electron chi connectivity index (χ1n) is 5.82. The maximum absolute atomic E-state index is 12.3. The van der Waals surface area contributed by atoms with Crippen LogP contribution < -0.4 is 5.32 Å². The van der Waals surface area contributed by atoms with E-state index in [0.717, 1.165) is 0 Å². The molecule has 1 amide bonds. The monoisotopic (exact) mass is 235 g/mol. The highest BCUT2D eigenvalue weighted by molar-refractivity contribution is 5.94. The molecule has 0 aromatic carbocycles. The van der Waals surface area contributed by atoms with E-state index in [1.165, 1.54) is 0 Å². The van der Waals surface area contributed by atoms with Gasteiger partial charge in [0.15, 0.2) is 5.78 Å². The molecule has 2 bridgehead atoms. The van der Waals surface area contributed by atoms with Crippen LogP contribution in [0.2, 0.25) is 0 Å². The lowest BCUT2D eigenvalue weighted by Crippen LogP contribution is -2.68. The first-order valence-corrected chi connectivity index (χ1v) is 5.82. The van der Waals surface area contributed by atoms with Gasteiger partial charge in [-0.25, -0.2) is 0 Å². The molecule has 2 fully saturated rings. The number of amides is 1. The predicted octanol–water partition coefficient (Wildman–Crippen LogP) is -0.0728. The van der Waals surface area contributed by atoms with Gasteiger partial charge < -0.3 is 10.2 Å². The first-order chi connectivity index (χ1) is 7.91. The number of fused-ring (bicyclic) bond motifs is 2. The van der Waals surface area contributed by atoms with Gasteiger partial charge in [0.25, 0.3) is 0 Å². The topological polar surface area (TPSA) is 73.2 Å². The van der Waals surface area contributed by atoms with Crippen LogP contribution in [-0.4, -0.2) is 42.8 Å². The number of rotatable bonds is 1. The molecule has 1 N–H and O–H groups in total. The van der Waals surface area contributed by atoms with E-state index in [0.29, 0.717) is 26.2 Å². The van der Waals surface area contributed by atoms with E-state index in [-0.39, 0.29) is 18.1 Å². The number of nitrogens with one attached hydrogen (secondary N) is 1. The van der Waals surface area contributed by atoms with E-state index >= 15 is 0 Å².